The summed E-state index contributed by atoms with van der Waals surface area (Å²) in [7, 11) is 0. The normalized spacial score (nSPS) is 35.6. The number of benzene rings is 1. The monoisotopic (exact) mass is 421 g/mol. The van der Waals surface area contributed by atoms with Gasteiger partial charge in [-0.1, -0.05) is 24.3 Å². The molecule has 1 spiro atoms. The molecule has 1 aromatic carbocycles. The van der Waals surface area contributed by atoms with E-state index in [1.807, 2.05) is 38.2 Å². The quantitative estimate of drug-likeness (QED) is 0.753. The zero-order valence-corrected chi connectivity index (χ0v) is 18.5. The third-order valence-electron chi connectivity index (χ3n) is 8.39. The molecule has 3 fully saturated rings. The summed E-state index contributed by atoms with van der Waals surface area (Å²) >= 11 is 0. The minimum Gasteiger partial charge on any atom is -0.444 e. The molecule has 2 aliphatic carbocycles. The highest BCUT2D eigenvalue weighted by molar-refractivity contribution is 5.70. The predicted molar refractivity (Wildman–Crippen MR) is 116 cm³/mol. The van der Waals surface area contributed by atoms with Crippen LogP contribution in [0.5, 0.6) is 0 Å². The molecule has 1 aromatic heterocycles. The number of aliphatic hydroxyl groups is 1. The second kappa shape index (κ2) is 6.35. The number of hydrogen-bond acceptors (Lipinski definition) is 4. The van der Waals surface area contributed by atoms with Gasteiger partial charge in [-0.3, -0.25) is 0 Å². The molecule has 2 bridgehead atoms. The Labute approximate surface area is 183 Å². The number of amides is 1. The first kappa shape index (κ1) is 19.4. The molecule has 4 aliphatic rings. The molecule has 2 saturated carbocycles. The fraction of sp³-hybridized carbons (Fsp3) is 0.600. The number of piperidine rings is 1. The van der Waals surface area contributed by atoms with Gasteiger partial charge in [0.15, 0.2) is 0 Å². The number of aromatic nitrogens is 2. The number of likely N-dealkylation sites (tertiary alicyclic amines) is 1. The van der Waals surface area contributed by atoms with Crippen LogP contribution in [0.1, 0.15) is 51.6 Å². The molecular weight excluding hydrogens is 390 g/mol. The first-order chi connectivity index (χ1) is 14.8. The Morgan fingerprint density at radius 3 is 2.58 bits per heavy atom. The van der Waals surface area contributed by atoms with E-state index in [1.165, 1.54) is 11.1 Å². The zero-order chi connectivity index (χ0) is 21.5. The maximum Gasteiger partial charge on any atom is 0.410 e. The van der Waals surface area contributed by atoms with E-state index in [1.54, 1.807) is 0 Å². The Hall–Kier alpha value is -2.34. The Bertz CT molecular complexity index is 1020. The maximum absolute atomic E-state index is 12.7. The largest absolute Gasteiger partial charge is 0.444 e. The molecule has 1 N–H and O–H groups in total. The van der Waals surface area contributed by atoms with Crippen LogP contribution >= 0.6 is 0 Å². The van der Waals surface area contributed by atoms with Gasteiger partial charge in [-0.15, -0.1) is 0 Å². The third kappa shape index (κ3) is 2.60. The molecule has 31 heavy (non-hydrogen) atoms. The van der Waals surface area contributed by atoms with Crippen molar-refractivity contribution in [3.63, 3.8) is 0 Å². The summed E-state index contributed by atoms with van der Waals surface area (Å²) in [6, 6.07) is 8.67. The number of rotatable bonds is 1. The van der Waals surface area contributed by atoms with E-state index in [9.17, 15) is 9.90 Å². The number of imidazole rings is 1. The van der Waals surface area contributed by atoms with Crippen molar-refractivity contribution in [2.24, 2.45) is 23.2 Å². The number of ether oxygens (including phenoxy) is 1. The lowest BCUT2D eigenvalue weighted by atomic mass is 9.48. The predicted octanol–water partition coefficient (Wildman–Crippen LogP) is 4.10. The summed E-state index contributed by atoms with van der Waals surface area (Å²) in [5.74, 6) is 0.889. The number of hydrogen-bond donors (Lipinski definition) is 1. The molecule has 4 unspecified atom stereocenters. The fourth-order valence-electron chi connectivity index (χ4n) is 7.17. The van der Waals surface area contributed by atoms with E-state index < -0.39 is 5.60 Å². The van der Waals surface area contributed by atoms with Gasteiger partial charge in [0, 0.05) is 30.0 Å². The van der Waals surface area contributed by atoms with Gasteiger partial charge in [0.25, 0.3) is 0 Å². The summed E-state index contributed by atoms with van der Waals surface area (Å²) in [6.07, 6.45) is 6.48. The van der Waals surface area contributed by atoms with Crippen molar-refractivity contribution < 1.29 is 14.6 Å². The molecule has 0 radical (unpaired) electrons. The highest BCUT2D eigenvalue weighted by Crippen LogP contribution is 2.67. The van der Waals surface area contributed by atoms with Gasteiger partial charge >= 0.3 is 6.09 Å². The maximum atomic E-state index is 12.7. The minimum atomic E-state index is -0.481. The lowest BCUT2D eigenvalue weighted by Gasteiger charge is -2.61. The molecule has 2 aromatic rings. The van der Waals surface area contributed by atoms with E-state index in [0.29, 0.717) is 24.9 Å². The van der Waals surface area contributed by atoms with Crippen molar-refractivity contribution in [2.75, 3.05) is 13.1 Å². The lowest BCUT2D eigenvalue weighted by molar-refractivity contribution is -0.194. The topological polar surface area (TPSA) is 67.6 Å². The van der Waals surface area contributed by atoms with Crippen LogP contribution in [0, 0.1) is 23.2 Å². The number of carbonyl (C=O) groups is 1. The molecule has 2 aliphatic heterocycles. The fourth-order valence-corrected chi connectivity index (χ4v) is 7.17. The average molecular weight is 422 g/mol. The SMILES string of the molecule is CC(C)(C)OC(=O)N1CC2CCC(C1)C21CC([C@H]2c3ccccc3-c3cncn32)C1O. The molecule has 6 rings (SSSR count). The Balaban J connectivity index is 1.25. The van der Waals surface area contributed by atoms with E-state index in [0.717, 1.165) is 25.0 Å². The second-order valence-electron chi connectivity index (χ2n) is 11.0. The van der Waals surface area contributed by atoms with E-state index in [2.05, 4.69) is 33.8 Å². The third-order valence-corrected chi connectivity index (χ3v) is 8.39. The first-order valence-corrected chi connectivity index (χ1v) is 11.6. The van der Waals surface area contributed by atoms with Crippen LogP contribution in [0.25, 0.3) is 11.3 Å². The summed E-state index contributed by atoms with van der Waals surface area (Å²) in [5, 5.41) is 11.7. The van der Waals surface area contributed by atoms with Crippen LogP contribution in [-0.4, -0.2) is 50.4 Å². The molecule has 6 heteroatoms. The summed E-state index contributed by atoms with van der Waals surface area (Å²) in [6.45, 7) is 7.14. The van der Waals surface area contributed by atoms with Crippen molar-refractivity contribution in [1.29, 1.82) is 0 Å². The van der Waals surface area contributed by atoms with Crippen LogP contribution in [-0.2, 0) is 4.74 Å². The van der Waals surface area contributed by atoms with Crippen molar-refractivity contribution >= 4 is 6.09 Å². The van der Waals surface area contributed by atoms with E-state index >= 15 is 0 Å². The van der Waals surface area contributed by atoms with Crippen LogP contribution < -0.4 is 0 Å². The summed E-state index contributed by atoms with van der Waals surface area (Å²) < 4.78 is 7.89. The average Bonchev–Trinajstić information content (AvgIpc) is 3.35. The molecule has 1 amide bonds. The highest BCUT2D eigenvalue weighted by Gasteiger charge is 2.67. The van der Waals surface area contributed by atoms with Crippen molar-refractivity contribution in [3.05, 3.63) is 42.4 Å². The smallest absolute Gasteiger partial charge is 0.410 e. The van der Waals surface area contributed by atoms with Gasteiger partial charge in [-0.25, -0.2) is 9.78 Å². The van der Waals surface area contributed by atoms with Crippen LogP contribution in [0.4, 0.5) is 4.79 Å². The number of nitrogens with zero attached hydrogens (tertiary/aromatic N) is 3. The van der Waals surface area contributed by atoms with Gasteiger partial charge in [-0.2, -0.15) is 0 Å². The molecule has 6 nitrogen and oxygen atoms in total. The second-order valence-corrected chi connectivity index (χ2v) is 11.0. The number of carbonyl (C=O) groups excluding carboxylic acids is 1. The summed E-state index contributed by atoms with van der Waals surface area (Å²) in [4.78, 5) is 19.0. The Morgan fingerprint density at radius 1 is 1.19 bits per heavy atom. The standard InChI is InChI=1S/C25H31N3O3/c1-24(2,3)31-23(30)27-12-15-8-9-16(13-27)25(15)10-19(22(25)29)21-18-7-5-4-6-17(18)20-11-26-14-28(20)21/h4-7,11,14-16,19,21-22,29H,8-10,12-13H2,1-3H3/t15?,16?,19?,21-,22?,25?/m1/s1. The Morgan fingerprint density at radius 2 is 1.90 bits per heavy atom. The van der Waals surface area contributed by atoms with Gasteiger partial charge < -0.3 is 19.3 Å². The van der Waals surface area contributed by atoms with Gasteiger partial charge in [-0.05, 0) is 57.4 Å². The van der Waals surface area contributed by atoms with Crippen LogP contribution in [0.3, 0.4) is 0 Å². The highest BCUT2D eigenvalue weighted by atomic mass is 16.6. The van der Waals surface area contributed by atoms with Crippen molar-refractivity contribution in [3.8, 4) is 11.3 Å². The molecule has 5 atom stereocenters. The van der Waals surface area contributed by atoms with Gasteiger partial charge in [0.2, 0.25) is 0 Å². The van der Waals surface area contributed by atoms with Crippen LogP contribution in [0.15, 0.2) is 36.8 Å². The zero-order valence-electron chi connectivity index (χ0n) is 18.5. The molecule has 3 heterocycles. The van der Waals surface area contributed by atoms with Crippen molar-refractivity contribution in [1.82, 2.24) is 14.5 Å². The first-order valence-electron chi connectivity index (χ1n) is 11.6. The van der Waals surface area contributed by atoms with Crippen LogP contribution in [0.2, 0.25) is 0 Å². The Kier molecular flexibility index (Phi) is 3.96. The van der Waals surface area contributed by atoms with Gasteiger partial charge in [0.1, 0.15) is 5.60 Å². The van der Waals surface area contributed by atoms with E-state index in [4.69, 9.17) is 4.74 Å². The lowest BCUT2D eigenvalue weighted by Crippen LogP contribution is -2.65. The molecular formula is C25H31N3O3. The number of aliphatic hydroxyl groups excluding tert-OH is 1. The number of fused-ring (bicyclic) bond motifs is 3. The minimum absolute atomic E-state index is 0.0541. The summed E-state index contributed by atoms with van der Waals surface area (Å²) in [5.41, 5.74) is 3.15. The molecule has 164 valence electrons. The molecule has 1 saturated heterocycles. The van der Waals surface area contributed by atoms with E-state index in [-0.39, 0.29) is 29.6 Å². The van der Waals surface area contributed by atoms with Crippen molar-refractivity contribution in [2.45, 2.75) is 57.8 Å². The van der Waals surface area contributed by atoms with Gasteiger partial charge in [0.05, 0.1) is 30.4 Å².